The molecule has 1 aromatic rings. The van der Waals surface area contributed by atoms with Crippen molar-refractivity contribution in [2.75, 3.05) is 13.1 Å². The van der Waals surface area contributed by atoms with E-state index in [1.807, 2.05) is 6.92 Å². The number of thiazole rings is 1. The van der Waals surface area contributed by atoms with Crippen LogP contribution in [0.15, 0.2) is 16.9 Å². The molecule has 0 spiro atoms. The summed E-state index contributed by atoms with van der Waals surface area (Å²) in [5.41, 5.74) is 6.99. The Morgan fingerprint density at radius 1 is 1.75 bits per heavy atom. The Hall–Kier alpha value is -1.63. The van der Waals surface area contributed by atoms with E-state index in [0.717, 1.165) is 6.42 Å². The molecule has 1 aromatic heterocycles. The first-order chi connectivity index (χ1) is 7.69. The van der Waals surface area contributed by atoms with Gasteiger partial charge in [-0.25, -0.2) is 0 Å². The van der Waals surface area contributed by atoms with Gasteiger partial charge in [0.1, 0.15) is 4.88 Å². The van der Waals surface area contributed by atoms with E-state index in [4.69, 9.17) is 10.9 Å². The molecule has 0 bridgehead atoms. The van der Waals surface area contributed by atoms with E-state index in [9.17, 15) is 4.79 Å². The van der Waals surface area contributed by atoms with Gasteiger partial charge in [0, 0.05) is 6.54 Å². The maximum Gasteiger partial charge on any atom is 0.265 e. The van der Waals surface area contributed by atoms with Crippen molar-refractivity contribution in [3.05, 3.63) is 16.6 Å². The summed E-state index contributed by atoms with van der Waals surface area (Å²) in [4.78, 5) is 17.9. The molecule has 1 rings (SSSR count). The largest absolute Gasteiger partial charge is 0.409 e. The average Bonchev–Trinajstić information content (AvgIpc) is 2.80. The number of hydrogen-bond donors (Lipinski definition) is 2. The quantitative estimate of drug-likeness (QED) is 0.345. The molecule has 0 unspecified atom stereocenters. The second-order valence-corrected chi connectivity index (χ2v) is 4.07. The number of nitrogens with zero attached hydrogens (tertiary/aromatic N) is 3. The number of amidine groups is 1. The fourth-order valence-electron chi connectivity index (χ4n) is 1.23. The zero-order valence-electron chi connectivity index (χ0n) is 8.96. The van der Waals surface area contributed by atoms with Crippen molar-refractivity contribution in [3.8, 4) is 0 Å². The van der Waals surface area contributed by atoms with Gasteiger partial charge in [-0.3, -0.25) is 9.78 Å². The summed E-state index contributed by atoms with van der Waals surface area (Å²) in [7, 11) is 0. The number of carbonyl (C=O) groups excluding carboxylic acids is 1. The Kier molecular flexibility index (Phi) is 4.71. The molecule has 0 saturated heterocycles. The highest BCUT2D eigenvalue weighted by molar-refractivity contribution is 7.11. The lowest BCUT2D eigenvalue weighted by Crippen LogP contribution is -2.38. The van der Waals surface area contributed by atoms with Gasteiger partial charge in [0.25, 0.3) is 5.91 Å². The average molecular weight is 242 g/mol. The molecule has 16 heavy (non-hydrogen) atoms. The van der Waals surface area contributed by atoms with Crippen LogP contribution in [0.3, 0.4) is 0 Å². The highest BCUT2D eigenvalue weighted by atomic mass is 32.1. The van der Waals surface area contributed by atoms with Crippen molar-refractivity contribution < 1.29 is 10.0 Å². The molecule has 0 aliphatic carbocycles. The minimum Gasteiger partial charge on any atom is -0.409 e. The Morgan fingerprint density at radius 3 is 3.00 bits per heavy atom. The second-order valence-electron chi connectivity index (χ2n) is 3.18. The van der Waals surface area contributed by atoms with Gasteiger partial charge < -0.3 is 15.8 Å². The Balaban J connectivity index is 2.73. The maximum atomic E-state index is 12.0. The zero-order valence-corrected chi connectivity index (χ0v) is 9.78. The van der Waals surface area contributed by atoms with Gasteiger partial charge in [-0.15, -0.1) is 11.3 Å². The molecule has 0 fully saturated rings. The summed E-state index contributed by atoms with van der Waals surface area (Å²) in [5.74, 6) is -0.123. The topological polar surface area (TPSA) is 91.8 Å². The minimum atomic E-state index is -0.143. The molecule has 0 saturated carbocycles. The van der Waals surface area contributed by atoms with Crippen molar-refractivity contribution >= 4 is 23.1 Å². The van der Waals surface area contributed by atoms with Crippen molar-refractivity contribution in [2.24, 2.45) is 10.9 Å². The highest BCUT2D eigenvalue weighted by Gasteiger charge is 2.17. The first-order valence-corrected chi connectivity index (χ1v) is 5.71. The van der Waals surface area contributed by atoms with Crippen LogP contribution in [-0.4, -0.2) is 39.9 Å². The summed E-state index contributed by atoms with van der Waals surface area (Å²) in [6.07, 6.45) is 2.32. The Morgan fingerprint density at radius 2 is 2.50 bits per heavy atom. The SMILES string of the molecule is CCCN(CC(N)=NO)C(=O)c1cncs1. The van der Waals surface area contributed by atoms with Gasteiger partial charge in [-0.2, -0.15) is 0 Å². The summed E-state index contributed by atoms with van der Waals surface area (Å²) in [5, 5.41) is 11.3. The first kappa shape index (κ1) is 12.4. The van der Waals surface area contributed by atoms with Crippen LogP contribution in [0.4, 0.5) is 0 Å². The Labute approximate surface area is 97.4 Å². The van der Waals surface area contributed by atoms with Crippen LogP contribution in [-0.2, 0) is 0 Å². The van der Waals surface area contributed by atoms with Crippen LogP contribution in [0.2, 0.25) is 0 Å². The molecule has 0 aliphatic heterocycles. The number of carbonyl (C=O) groups is 1. The molecule has 0 aliphatic rings. The number of rotatable bonds is 5. The molecule has 0 aromatic carbocycles. The lowest BCUT2D eigenvalue weighted by Gasteiger charge is -2.20. The lowest BCUT2D eigenvalue weighted by atomic mass is 10.3. The van der Waals surface area contributed by atoms with Gasteiger partial charge in [0.05, 0.1) is 18.3 Å². The number of oxime groups is 1. The van der Waals surface area contributed by atoms with E-state index in [1.165, 1.54) is 22.4 Å². The van der Waals surface area contributed by atoms with Crippen molar-refractivity contribution in [3.63, 3.8) is 0 Å². The van der Waals surface area contributed by atoms with Gasteiger partial charge >= 0.3 is 0 Å². The molecular weight excluding hydrogens is 228 g/mol. The molecule has 3 N–H and O–H groups in total. The van der Waals surface area contributed by atoms with Crippen molar-refractivity contribution in [2.45, 2.75) is 13.3 Å². The lowest BCUT2D eigenvalue weighted by molar-refractivity contribution is 0.0783. The van der Waals surface area contributed by atoms with Crippen LogP contribution in [0.5, 0.6) is 0 Å². The number of aromatic nitrogens is 1. The molecular formula is C9H14N4O2S. The van der Waals surface area contributed by atoms with Crippen LogP contribution in [0, 0.1) is 0 Å². The Bertz CT molecular complexity index is 364. The molecule has 1 amide bonds. The van der Waals surface area contributed by atoms with Gasteiger partial charge in [0.2, 0.25) is 0 Å². The monoisotopic (exact) mass is 242 g/mol. The standard InChI is InChI=1S/C9H14N4O2S/c1-2-3-13(5-8(10)12-15)9(14)7-4-11-6-16-7/h4,6,15H,2-3,5H2,1H3,(H2,10,12). The molecule has 88 valence electrons. The molecule has 0 atom stereocenters. The predicted molar refractivity (Wildman–Crippen MR) is 61.7 cm³/mol. The van der Waals surface area contributed by atoms with E-state index in [-0.39, 0.29) is 18.3 Å². The van der Waals surface area contributed by atoms with Gasteiger partial charge in [-0.05, 0) is 6.42 Å². The third-order valence-electron chi connectivity index (χ3n) is 1.91. The third-order valence-corrected chi connectivity index (χ3v) is 2.67. The van der Waals surface area contributed by atoms with Gasteiger partial charge in [-0.1, -0.05) is 12.1 Å². The highest BCUT2D eigenvalue weighted by Crippen LogP contribution is 2.09. The number of hydrogen-bond acceptors (Lipinski definition) is 5. The third kappa shape index (κ3) is 3.20. The normalized spacial score (nSPS) is 11.4. The van der Waals surface area contributed by atoms with E-state index in [1.54, 1.807) is 5.51 Å². The second kappa shape index (κ2) is 6.06. The summed E-state index contributed by atoms with van der Waals surface area (Å²) in [6, 6.07) is 0. The molecule has 0 radical (unpaired) electrons. The van der Waals surface area contributed by atoms with Crippen LogP contribution < -0.4 is 5.73 Å². The first-order valence-electron chi connectivity index (χ1n) is 4.83. The maximum absolute atomic E-state index is 12.0. The molecule has 6 nitrogen and oxygen atoms in total. The van der Waals surface area contributed by atoms with E-state index in [2.05, 4.69) is 10.1 Å². The summed E-state index contributed by atoms with van der Waals surface area (Å²) in [6.45, 7) is 2.65. The summed E-state index contributed by atoms with van der Waals surface area (Å²) >= 11 is 1.27. The van der Waals surface area contributed by atoms with Crippen LogP contribution in [0.25, 0.3) is 0 Å². The smallest absolute Gasteiger partial charge is 0.265 e. The number of nitrogens with two attached hydrogens (primary N) is 1. The fraction of sp³-hybridized carbons (Fsp3) is 0.444. The zero-order chi connectivity index (χ0) is 12.0. The number of amides is 1. The minimum absolute atomic E-state index is 0.0197. The van der Waals surface area contributed by atoms with Crippen LogP contribution >= 0.6 is 11.3 Å². The van der Waals surface area contributed by atoms with Crippen molar-refractivity contribution in [1.82, 2.24) is 9.88 Å². The summed E-state index contributed by atoms with van der Waals surface area (Å²) < 4.78 is 0. The molecule has 7 heteroatoms. The van der Waals surface area contributed by atoms with Crippen molar-refractivity contribution in [1.29, 1.82) is 0 Å². The van der Waals surface area contributed by atoms with Gasteiger partial charge in [0.15, 0.2) is 5.84 Å². The van der Waals surface area contributed by atoms with E-state index in [0.29, 0.717) is 11.4 Å². The van der Waals surface area contributed by atoms with E-state index >= 15 is 0 Å². The van der Waals surface area contributed by atoms with Crippen LogP contribution in [0.1, 0.15) is 23.0 Å². The fourth-order valence-corrected chi connectivity index (χ4v) is 1.81. The van der Waals surface area contributed by atoms with E-state index < -0.39 is 0 Å². The predicted octanol–water partition coefficient (Wildman–Crippen LogP) is 0.742. The molecule has 1 heterocycles.